The van der Waals surface area contributed by atoms with E-state index in [0.717, 1.165) is 6.08 Å². The number of benzene rings is 1. The minimum absolute atomic E-state index is 0.0644. The van der Waals surface area contributed by atoms with Crippen LogP contribution in [0.15, 0.2) is 41.5 Å². The molecule has 0 atom stereocenters. The molecule has 1 rings (SSSR count). The normalized spacial score (nSPS) is 11.5. The maximum absolute atomic E-state index is 11.1. The van der Waals surface area contributed by atoms with Gasteiger partial charge in [0.2, 0.25) is 0 Å². The second-order valence-corrected chi connectivity index (χ2v) is 3.59. The molecule has 0 radical (unpaired) electrons. The highest BCUT2D eigenvalue weighted by Gasteiger charge is 2.00. The van der Waals surface area contributed by atoms with Crippen molar-refractivity contribution in [2.45, 2.75) is 0 Å². The third-order valence-electron chi connectivity index (χ3n) is 1.78. The third kappa shape index (κ3) is 4.67. The van der Waals surface area contributed by atoms with Crippen LogP contribution in [0.3, 0.4) is 0 Å². The van der Waals surface area contributed by atoms with Crippen molar-refractivity contribution < 1.29 is 14.7 Å². The maximum Gasteiger partial charge on any atom is 0.328 e. The van der Waals surface area contributed by atoms with Crippen LogP contribution in [-0.4, -0.2) is 22.8 Å². The smallest absolute Gasteiger partial charge is 0.328 e. The fourth-order valence-electron chi connectivity index (χ4n) is 1.01. The molecule has 0 aromatic heterocycles. The summed E-state index contributed by atoms with van der Waals surface area (Å²) in [6.07, 6.45) is 1.53. The van der Waals surface area contributed by atoms with Crippen LogP contribution in [0.2, 0.25) is 5.02 Å². The third-order valence-corrected chi connectivity index (χ3v) is 2.02. The first-order chi connectivity index (χ1) is 8.49. The molecule has 0 aliphatic rings. The average molecular weight is 268 g/mol. The van der Waals surface area contributed by atoms with Crippen LogP contribution in [0.25, 0.3) is 0 Å². The van der Waals surface area contributed by atoms with Crippen molar-refractivity contribution in [3.05, 3.63) is 47.0 Å². The van der Waals surface area contributed by atoms with E-state index in [0.29, 0.717) is 16.7 Å². The van der Waals surface area contributed by atoms with Crippen molar-refractivity contribution in [1.82, 2.24) is 5.43 Å². The van der Waals surface area contributed by atoms with Crippen molar-refractivity contribution >= 4 is 29.3 Å². The monoisotopic (exact) mass is 267 g/mol. The van der Waals surface area contributed by atoms with Gasteiger partial charge in [0.15, 0.2) is 5.84 Å². The lowest BCUT2D eigenvalue weighted by atomic mass is 10.2. The largest absolute Gasteiger partial charge is 0.478 e. The molecule has 0 unspecified atom stereocenters. The Bertz CT molecular complexity index is 526. The highest BCUT2D eigenvalue weighted by molar-refractivity contribution is 6.31. The molecule has 4 N–H and O–H groups in total. The number of hydrazone groups is 1. The summed E-state index contributed by atoms with van der Waals surface area (Å²) in [6.45, 7) is 0. The standard InChI is InChI=1S/C11H10ClN3O3/c12-8-3-1-2-7(6-8)11(13)15-14-9(16)4-5-10(17)18/h1-6H,(H2,13,15)(H,14,16)(H,17,18)/b5-4-. The van der Waals surface area contributed by atoms with Gasteiger partial charge < -0.3 is 10.8 Å². The SMILES string of the molecule is NC(=NNC(=O)/C=C\C(=O)O)c1cccc(Cl)c1. The molecule has 94 valence electrons. The van der Waals surface area contributed by atoms with Gasteiger partial charge in [0.25, 0.3) is 5.91 Å². The number of rotatable bonds is 4. The number of nitrogens with one attached hydrogen (secondary N) is 1. The summed E-state index contributed by atoms with van der Waals surface area (Å²) in [4.78, 5) is 21.3. The summed E-state index contributed by atoms with van der Waals surface area (Å²) in [5.74, 6) is -1.85. The number of hydrogen-bond acceptors (Lipinski definition) is 3. The van der Waals surface area contributed by atoms with Crippen LogP contribution in [0.1, 0.15) is 5.56 Å². The summed E-state index contributed by atoms with van der Waals surface area (Å²) in [6, 6.07) is 6.61. The summed E-state index contributed by atoms with van der Waals surface area (Å²) in [7, 11) is 0. The number of carbonyl (C=O) groups is 2. The summed E-state index contributed by atoms with van der Waals surface area (Å²) >= 11 is 5.76. The molecule has 0 fully saturated rings. The molecular weight excluding hydrogens is 258 g/mol. The Labute approximate surface area is 108 Å². The van der Waals surface area contributed by atoms with Crippen molar-refractivity contribution in [3.8, 4) is 0 Å². The van der Waals surface area contributed by atoms with Crippen LogP contribution in [0, 0.1) is 0 Å². The van der Waals surface area contributed by atoms with Crippen molar-refractivity contribution in [1.29, 1.82) is 0 Å². The fourth-order valence-corrected chi connectivity index (χ4v) is 1.20. The number of nitrogens with two attached hydrogens (primary N) is 1. The molecule has 6 nitrogen and oxygen atoms in total. The number of carbonyl (C=O) groups excluding carboxylic acids is 1. The molecule has 0 aliphatic carbocycles. The Balaban J connectivity index is 2.68. The number of aliphatic carboxylic acids is 1. The van der Waals surface area contributed by atoms with Crippen molar-refractivity contribution in [2.75, 3.05) is 0 Å². The Hall–Kier alpha value is -2.34. The molecule has 0 saturated carbocycles. The lowest BCUT2D eigenvalue weighted by Gasteiger charge is -2.01. The molecule has 1 amide bonds. The van der Waals surface area contributed by atoms with Gasteiger partial charge in [-0.1, -0.05) is 23.7 Å². The summed E-state index contributed by atoms with van der Waals surface area (Å²) < 4.78 is 0. The van der Waals surface area contributed by atoms with E-state index in [2.05, 4.69) is 10.5 Å². The molecule has 0 saturated heterocycles. The molecule has 1 aromatic rings. The minimum Gasteiger partial charge on any atom is -0.478 e. The zero-order chi connectivity index (χ0) is 13.5. The maximum atomic E-state index is 11.1. The van der Waals surface area contributed by atoms with Gasteiger partial charge in [0.1, 0.15) is 0 Å². The fraction of sp³-hybridized carbons (Fsp3) is 0. The quantitative estimate of drug-likeness (QED) is 0.323. The predicted molar refractivity (Wildman–Crippen MR) is 67.1 cm³/mol. The van der Waals surface area contributed by atoms with E-state index in [4.69, 9.17) is 22.4 Å². The van der Waals surface area contributed by atoms with E-state index >= 15 is 0 Å². The van der Waals surface area contributed by atoms with Gasteiger partial charge in [-0.2, -0.15) is 5.10 Å². The van der Waals surface area contributed by atoms with E-state index < -0.39 is 11.9 Å². The van der Waals surface area contributed by atoms with E-state index in [1.165, 1.54) is 0 Å². The van der Waals surface area contributed by atoms with E-state index in [9.17, 15) is 9.59 Å². The Morgan fingerprint density at radius 1 is 1.39 bits per heavy atom. The second kappa shape index (κ2) is 6.41. The molecule has 0 heterocycles. The first kappa shape index (κ1) is 13.7. The lowest BCUT2D eigenvalue weighted by Crippen LogP contribution is -2.22. The summed E-state index contributed by atoms with van der Waals surface area (Å²) in [5.41, 5.74) is 8.24. The van der Waals surface area contributed by atoms with Gasteiger partial charge >= 0.3 is 5.97 Å². The first-order valence-corrected chi connectivity index (χ1v) is 5.17. The van der Waals surface area contributed by atoms with Gasteiger partial charge in [-0.25, -0.2) is 10.2 Å². The van der Waals surface area contributed by atoms with Crippen molar-refractivity contribution in [2.24, 2.45) is 10.8 Å². The number of carboxylic acid groups (broad SMARTS) is 1. The highest BCUT2D eigenvalue weighted by atomic mass is 35.5. The average Bonchev–Trinajstić information content (AvgIpc) is 2.33. The Kier molecular flexibility index (Phi) is 4.89. The number of hydrogen-bond donors (Lipinski definition) is 3. The van der Waals surface area contributed by atoms with Crippen LogP contribution >= 0.6 is 11.6 Å². The molecule has 7 heteroatoms. The molecular formula is C11H10ClN3O3. The lowest BCUT2D eigenvalue weighted by molar-refractivity contribution is -0.131. The van der Waals surface area contributed by atoms with E-state index in [-0.39, 0.29) is 5.84 Å². The topological polar surface area (TPSA) is 105 Å². The van der Waals surface area contributed by atoms with Gasteiger partial charge in [0.05, 0.1) is 0 Å². The summed E-state index contributed by atoms with van der Waals surface area (Å²) in [5, 5.41) is 12.4. The van der Waals surface area contributed by atoms with Gasteiger partial charge in [0, 0.05) is 22.7 Å². The zero-order valence-electron chi connectivity index (χ0n) is 9.13. The molecule has 0 spiro atoms. The van der Waals surface area contributed by atoms with Crippen LogP contribution in [-0.2, 0) is 9.59 Å². The van der Waals surface area contributed by atoms with E-state index in [1.54, 1.807) is 24.3 Å². The van der Waals surface area contributed by atoms with Crippen LogP contribution < -0.4 is 11.2 Å². The Morgan fingerprint density at radius 3 is 2.72 bits per heavy atom. The number of carboxylic acids is 1. The predicted octanol–water partition coefficient (Wildman–Crippen LogP) is 0.717. The number of amides is 1. The Morgan fingerprint density at radius 2 is 2.11 bits per heavy atom. The van der Waals surface area contributed by atoms with Gasteiger partial charge in [-0.3, -0.25) is 4.79 Å². The molecule has 0 bridgehead atoms. The highest BCUT2D eigenvalue weighted by Crippen LogP contribution is 2.09. The first-order valence-electron chi connectivity index (χ1n) is 4.79. The molecule has 0 aliphatic heterocycles. The van der Waals surface area contributed by atoms with Gasteiger partial charge in [-0.15, -0.1) is 0 Å². The van der Waals surface area contributed by atoms with Crippen LogP contribution in [0.5, 0.6) is 0 Å². The minimum atomic E-state index is -1.23. The van der Waals surface area contributed by atoms with Gasteiger partial charge in [-0.05, 0) is 12.1 Å². The number of nitrogens with zero attached hydrogens (tertiary/aromatic N) is 1. The number of halogens is 1. The zero-order valence-corrected chi connectivity index (χ0v) is 9.89. The second-order valence-electron chi connectivity index (χ2n) is 3.16. The van der Waals surface area contributed by atoms with E-state index in [1.807, 2.05) is 0 Å². The van der Waals surface area contributed by atoms with Crippen molar-refractivity contribution in [3.63, 3.8) is 0 Å². The molecule has 1 aromatic carbocycles. The molecule has 18 heavy (non-hydrogen) atoms. The van der Waals surface area contributed by atoms with Crippen LogP contribution in [0.4, 0.5) is 0 Å². The number of amidine groups is 1.